The monoisotopic (exact) mass is 492 g/mol. The predicted molar refractivity (Wildman–Crippen MR) is 142 cm³/mol. The molecule has 2 saturated heterocycles. The van der Waals surface area contributed by atoms with Crippen LogP contribution in [0.1, 0.15) is 37.8 Å². The Morgan fingerprint density at radius 2 is 1.54 bits per heavy atom. The van der Waals surface area contributed by atoms with Gasteiger partial charge in [-0.1, -0.05) is 36.7 Å². The summed E-state index contributed by atoms with van der Waals surface area (Å²) in [6.07, 6.45) is 11.0. The largest absolute Gasteiger partial charge is 0.354 e. The fraction of sp³-hybridized carbons (Fsp3) is 0.577. The molecule has 0 bridgehead atoms. The van der Waals surface area contributed by atoms with Gasteiger partial charge < -0.3 is 9.80 Å². The Labute approximate surface area is 212 Å². The third-order valence-electron chi connectivity index (χ3n) is 7.85. The van der Waals surface area contributed by atoms with Gasteiger partial charge in [0.25, 0.3) is 0 Å². The summed E-state index contributed by atoms with van der Waals surface area (Å²) in [4.78, 5) is 14.6. The fourth-order valence-electron chi connectivity index (χ4n) is 5.79. The van der Waals surface area contributed by atoms with Crippen LogP contribution in [0.4, 0.5) is 10.9 Å². The lowest BCUT2D eigenvalue weighted by atomic mass is 9.94. The highest BCUT2D eigenvalue weighted by molar-refractivity contribution is 7.17. The lowest BCUT2D eigenvalue weighted by molar-refractivity contribution is 0.148. The molecule has 0 aromatic carbocycles. The average Bonchev–Trinajstić information content (AvgIpc) is 3.60. The van der Waals surface area contributed by atoms with Gasteiger partial charge in [0, 0.05) is 83.0 Å². The molecule has 3 aromatic rings. The molecule has 9 heteroatoms. The molecule has 3 fully saturated rings. The predicted octanol–water partition coefficient (Wildman–Crippen LogP) is 3.50. The highest BCUT2D eigenvalue weighted by Crippen LogP contribution is 2.28. The first-order chi connectivity index (χ1) is 17.3. The number of hydrogen-bond acceptors (Lipinski definition) is 8. The second-order valence-electron chi connectivity index (χ2n) is 10.0. The number of nitrogens with zero attached hydrogens (tertiary/aromatic N) is 8. The molecular weight excluding hydrogens is 456 g/mol. The summed E-state index contributed by atoms with van der Waals surface area (Å²) in [6.45, 7) is 9.44. The summed E-state index contributed by atoms with van der Waals surface area (Å²) in [5, 5.41) is 11.2. The number of pyridine rings is 1. The second kappa shape index (κ2) is 10.6. The van der Waals surface area contributed by atoms with Crippen molar-refractivity contribution in [3.8, 4) is 5.13 Å². The second-order valence-corrected chi connectivity index (χ2v) is 10.9. The molecule has 0 radical (unpaired) electrons. The van der Waals surface area contributed by atoms with E-state index in [0.717, 1.165) is 81.0 Å². The molecule has 0 N–H and O–H groups in total. The Morgan fingerprint density at radius 3 is 2.31 bits per heavy atom. The van der Waals surface area contributed by atoms with Gasteiger partial charge in [-0.15, -0.1) is 10.2 Å². The molecular formula is C26H36N8S. The minimum absolute atomic E-state index is 0.809. The Balaban J connectivity index is 1.04. The summed E-state index contributed by atoms with van der Waals surface area (Å²) in [6, 6.07) is 11.3. The lowest BCUT2D eigenvalue weighted by Crippen LogP contribution is -2.50. The topological polar surface area (TPSA) is 56.6 Å². The van der Waals surface area contributed by atoms with E-state index in [-0.39, 0.29) is 0 Å². The lowest BCUT2D eigenvalue weighted by Gasteiger charge is -2.40. The number of piperazine rings is 2. The fourth-order valence-corrected chi connectivity index (χ4v) is 6.71. The summed E-state index contributed by atoms with van der Waals surface area (Å²) in [5.41, 5.74) is 1.28. The smallest absolute Gasteiger partial charge is 0.218 e. The van der Waals surface area contributed by atoms with Gasteiger partial charge in [0.05, 0.1) is 0 Å². The number of hydrogen-bond donors (Lipinski definition) is 0. The molecule has 186 valence electrons. The van der Waals surface area contributed by atoms with Crippen LogP contribution in [0.25, 0.3) is 5.13 Å². The van der Waals surface area contributed by atoms with Crippen LogP contribution < -0.4 is 9.80 Å². The molecule has 3 aliphatic rings. The zero-order valence-electron chi connectivity index (χ0n) is 20.5. The molecule has 0 atom stereocenters. The van der Waals surface area contributed by atoms with Gasteiger partial charge in [0.1, 0.15) is 5.82 Å². The van der Waals surface area contributed by atoms with Gasteiger partial charge >= 0.3 is 0 Å². The Hall–Kier alpha value is -2.49. The number of anilines is 2. The summed E-state index contributed by atoms with van der Waals surface area (Å²) >= 11 is 1.72. The van der Waals surface area contributed by atoms with E-state index in [1.807, 2.05) is 12.3 Å². The quantitative estimate of drug-likeness (QED) is 0.522. The van der Waals surface area contributed by atoms with Gasteiger partial charge in [0.2, 0.25) is 10.3 Å². The zero-order chi connectivity index (χ0) is 23.5. The van der Waals surface area contributed by atoms with Gasteiger partial charge in [0.15, 0.2) is 0 Å². The highest BCUT2D eigenvalue weighted by Gasteiger charge is 2.27. The van der Waals surface area contributed by atoms with Crippen molar-refractivity contribution in [1.29, 1.82) is 0 Å². The van der Waals surface area contributed by atoms with Crippen LogP contribution in [0.5, 0.6) is 0 Å². The van der Waals surface area contributed by atoms with Crippen LogP contribution >= 0.6 is 11.3 Å². The van der Waals surface area contributed by atoms with E-state index in [1.165, 1.54) is 37.8 Å². The normalized spacial score (nSPS) is 21.0. The van der Waals surface area contributed by atoms with Crippen molar-refractivity contribution in [2.24, 2.45) is 0 Å². The molecule has 3 aromatic heterocycles. The molecule has 35 heavy (non-hydrogen) atoms. The number of aromatic nitrogens is 4. The van der Waals surface area contributed by atoms with Gasteiger partial charge in [-0.3, -0.25) is 14.4 Å². The van der Waals surface area contributed by atoms with Crippen LogP contribution in [0.2, 0.25) is 0 Å². The van der Waals surface area contributed by atoms with Crippen LogP contribution in [-0.4, -0.2) is 87.9 Å². The molecule has 0 spiro atoms. The standard InChI is InChI=1S/C26H36N8S/c1-2-7-22(8-3-1)31-17-19-33(20-18-31)25-28-29-26(35-25)34-12-6-9-23(34)21-30-13-15-32(16-14-30)24-10-4-5-11-27-24/h4-6,9-12,22H,1-3,7-8,13-21H2. The zero-order valence-corrected chi connectivity index (χ0v) is 21.3. The average molecular weight is 493 g/mol. The molecule has 0 amide bonds. The summed E-state index contributed by atoms with van der Waals surface area (Å²) < 4.78 is 2.23. The minimum Gasteiger partial charge on any atom is -0.354 e. The van der Waals surface area contributed by atoms with Crippen LogP contribution in [0.15, 0.2) is 42.7 Å². The van der Waals surface area contributed by atoms with Crippen molar-refractivity contribution in [2.45, 2.75) is 44.7 Å². The van der Waals surface area contributed by atoms with Crippen molar-refractivity contribution in [2.75, 3.05) is 62.2 Å². The molecule has 1 saturated carbocycles. The Bertz CT molecular complexity index is 1060. The van der Waals surface area contributed by atoms with E-state index in [4.69, 9.17) is 0 Å². The maximum Gasteiger partial charge on any atom is 0.218 e. The van der Waals surface area contributed by atoms with Crippen LogP contribution in [0, 0.1) is 0 Å². The maximum absolute atomic E-state index is 4.59. The Morgan fingerprint density at radius 1 is 0.771 bits per heavy atom. The first-order valence-electron chi connectivity index (χ1n) is 13.2. The number of rotatable bonds is 6. The first-order valence-corrected chi connectivity index (χ1v) is 14.0. The third kappa shape index (κ3) is 5.22. The van der Waals surface area contributed by atoms with Crippen molar-refractivity contribution >= 4 is 22.3 Å². The van der Waals surface area contributed by atoms with Gasteiger partial charge in [-0.05, 0) is 37.1 Å². The highest BCUT2D eigenvalue weighted by atomic mass is 32.1. The van der Waals surface area contributed by atoms with E-state index < -0.39 is 0 Å². The van der Waals surface area contributed by atoms with Gasteiger partial charge in [-0.25, -0.2) is 4.98 Å². The Kier molecular flexibility index (Phi) is 6.97. The van der Waals surface area contributed by atoms with Crippen molar-refractivity contribution < 1.29 is 0 Å². The van der Waals surface area contributed by atoms with Crippen molar-refractivity contribution in [3.05, 3.63) is 48.4 Å². The molecule has 5 heterocycles. The molecule has 0 unspecified atom stereocenters. The maximum atomic E-state index is 4.59. The first kappa shape index (κ1) is 22.9. The van der Waals surface area contributed by atoms with Crippen molar-refractivity contribution in [3.63, 3.8) is 0 Å². The third-order valence-corrected chi connectivity index (χ3v) is 8.83. The molecule has 6 rings (SSSR count). The molecule has 2 aliphatic heterocycles. The van der Waals surface area contributed by atoms with E-state index in [1.54, 1.807) is 11.3 Å². The summed E-state index contributed by atoms with van der Waals surface area (Å²) in [7, 11) is 0. The van der Waals surface area contributed by atoms with E-state index in [2.05, 4.69) is 69.8 Å². The summed E-state index contributed by atoms with van der Waals surface area (Å²) in [5.74, 6) is 1.08. The van der Waals surface area contributed by atoms with Crippen LogP contribution in [0.3, 0.4) is 0 Å². The SMILES string of the molecule is c1ccc(N2CCN(Cc3cccn3-c3nnc(N4CCN(C5CCCCC5)CC4)s3)CC2)nc1. The van der Waals surface area contributed by atoms with Crippen LogP contribution in [-0.2, 0) is 6.54 Å². The molecule has 8 nitrogen and oxygen atoms in total. The van der Waals surface area contributed by atoms with E-state index >= 15 is 0 Å². The van der Waals surface area contributed by atoms with Crippen molar-refractivity contribution in [1.82, 2.24) is 29.5 Å². The van der Waals surface area contributed by atoms with Gasteiger partial charge in [-0.2, -0.15) is 0 Å². The van der Waals surface area contributed by atoms with E-state index in [9.17, 15) is 0 Å². The van der Waals surface area contributed by atoms with E-state index in [0.29, 0.717) is 0 Å². The minimum atomic E-state index is 0.809. The molecule has 1 aliphatic carbocycles.